The van der Waals surface area contributed by atoms with Crippen LogP contribution in [0.2, 0.25) is 0 Å². The minimum atomic E-state index is -0.430. The second-order valence-electron chi connectivity index (χ2n) is 9.55. The smallest absolute Gasteiger partial charge is 0.135 e. The summed E-state index contributed by atoms with van der Waals surface area (Å²) in [5.74, 6) is -0.869. The van der Waals surface area contributed by atoms with Gasteiger partial charge in [-0.2, -0.15) is 0 Å². The lowest BCUT2D eigenvalue weighted by Gasteiger charge is -2.52. The first-order valence-electron chi connectivity index (χ1n) is 11.9. The van der Waals surface area contributed by atoms with Crippen LogP contribution in [-0.4, -0.2) is 105 Å². The average molecular weight is 489 g/mol. The molecule has 0 aromatic heterocycles. The third kappa shape index (κ3) is 5.72. The van der Waals surface area contributed by atoms with Crippen LogP contribution in [0.4, 0.5) is 0 Å². The second-order valence-corrected chi connectivity index (χ2v) is 9.55. The first kappa shape index (κ1) is 29.3. The van der Waals surface area contributed by atoms with Gasteiger partial charge < -0.3 is 33.2 Å². The molecule has 0 spiro atoms. The van der Waals surface area contributed by atoms with E-state index in [0.717, 1.165) is 0 Å². The van der Waals surface area contributed by atoms with Crippen LogP contribution in [0.15, 0.2) is 0 Å². The highest BCUT2D eigenvalue weighted by Crippen LogP contribution is 2.47. The topological polar surface area (TPSA) is 98.8 Å². The van der Waals surface area contributed by atoms with Crippen molar-refractivity contribution in [3.8, 4) is 0 Å². The van der Waals surface area contributed by atoms with Crippen LogP contribution < -0.4 is 0 Å². The van der Waals surface area contributed by atoms with Gasteiger partial charge in [0.25, 0.3) is 0 Å². The summed E-state index contributed by atoms with van der Waals surface area (Å²) in [5, 5.41) is 0. The van der Waals surface area contributed by atoms with Gasteiger partial charge in [0.15, 0.2) is 0 Å². The molecule has 2 rings (SSSR count). The first-order chi connectivity index (χ1) is 16.2. The van der Waals surface area contributed by atoms with Crippen molar-refractivity contribution in [1.29, 1.82) is 0 Å². The Morgan fingerprint density at radius 2 is 0.912 bits per heavy atom. The van der Waals surface area contributed by atoms with Crippen LogP contribution in [0, 0.1) is 29.6 Å². The van der Waals surface area contributed by atoms with E-state index >= 15 is 0 Å². The van der Waals surface area contributed by atoms with Crippen LogP contribution in [-0.2, 0) is 42.7 Å². The molecule has 0 aromatic carbocycles. The Morgan fingerprint density at radius 3 is 1.15 bits per heavy atom. The summed E-state index contributed by atoms with van der Waals surface area (Å²) >= 11 is 0. The van der Waals surface area contributed by atoms with Crippen molar-refractivity contribution >= 4 is 11.6 Å². The van der Waals surface area contributed by atoms with E-state index in [1.54, 1.807) is 63.6 Å². The van der Waals surface area contributed by atoms with E-state index in [4.69, 9.17) is 33.2 Å². The molecule has 9 heteroatoms. The van der Waals surface area contributed by atoms with Crippen molar-refractivity contribution in [2.24, 2.45) is 29.6 Å². The average Bonchev–Trinajstić information content (AvgIpc) is 2.83. The Labute approximate surface area is 204 Å². The molecule has 34 heavy (non-hydrogen) atoms. The SMILES string of the molecule is COCC(C1CC(C(C)=O)C(OC)C(OC)C1OC)C1CC(C(C)=O)C(OC)C(OC)C1OC. The number of hydrogen-bond donors (Lipinski definition) is 0. The standard InChI is InChI=1S/C25H44O9/c1-13(26)15-10-17(22(31-6)24(33-8)20(15)29-4)19(12-28-3)18-11-16(14(2)27)21(30-5)25(34-9)23(18)32-7/h15-25H,10-12H2,1-9H3. The molecule has 0 N–H and O–H groups in total. The summed E-state index contributed by atoms with van der Waals surface area (Å²) in [7, 11) is 11.4. The zero-order valence-electron chi connectivity index (χ0n) is 22.1. The fourth-order valence-electron chi connectivity index (χ4n) is 6.58. The Kier molecular flexibility index (Phi) is 11.5. The van der Waals surface area contributed by atoms with Gasteiger partial charge >= 0.3 is 0 Å². The number of hydrogen-bond acceptors (Lipinski definition) is 9. The molecular weight excluding hydrogens is 444 g/mol. The van der Waals surface area contributed by atoms with Crippen LogP contribution in [0.3, 0.4) is 0 Å². The number of carbonyl (C=O) groups is 2. The summed E-state index contributed by atoms with van der Waals surface area (Å²) in [5.41, 5.74) is 0. The Bertz CT molecular complexity index is 604. The summed E-state index contributed by atoms with van der Waals surface area (Å²) in [6.07, 6.45) is -1.23. The van der Waals surface area contributed by atoms with E-state index in [1.807, 2.05) is 0 Å². The van der Waals surface area contributed by atoms with E-state index in [1.165, 1.54) is 0 Å². The molecule has 0 aromatic rings. The van der Waals surface area contributed by atoms with E-state index in [0.29, 0.717) is 19.4 Å². The fraction of sp³-hybridized carbons (Fsp3) is 0.920. The molecule has 0 bridgehead atoms. The van der Waals surface area contributed by atoms with E-state index < -0.39 is 24.4 Å². The van der Waals surface area contributed by atoms with Crippen LogP contribution in [0.25, 0.3) is 0 Å². The minimum Gasteiger partial charge on any atom is -0.384 e. The fourth-order valence-corrected chi connectivity index (χ4v) is 6.58. The Morgan fingerprint density at radius 1 is 0.588 bits per heavy atom. The van der Waals surface area contributed by atoms with E-state index in [-0.39, 0.29) is 53.4 Å². The third-order valence-corrected chi connectivity index (χ3v) is 8.12. The normalized spacial score (nSPS) is 39.6. The molecule has 10 atom stereocenters. The zero-order valence-corrected chi connectivity index (χ0v) is 22.1. The third-order valence-electron chi connectivity index (χ3n) is 8.12. The molecule has 0 amide bonds. The predicted octanol–water partition coefficient (Wildman–Crippen LogP) is 1.79. The lowest BCUT2D eigenvalue weighted by molar-refractivity contribution is -0.209. The highest BCUT2D eigenvalue weighted by atomic mass is 16.6. The maximum atomic E-state index is 12.7. The number of carbonyl (C=O) groups excluding carboxylic acids is 2. The Balaban J connectivity index is 2.56. The number of ketones is 2. The van der Waals surface area contributed by atoms with Crippen molar-refractivity contribution in [2.75, 3.05) is 56.4 Å². The molecule has 2 aliphatic carbocycles. The maximum absolute atomic E-state index is 12.7. The summed E-state index contributed by atoms with van der Waals surface area (Å²) in [4.78, 5) is 25.3. The summed E-state index contributed by atoms with van der Waals surface area (Å²) in [6, 6.07) is 0. The largest absolute Gasteiger partial charge is 0.384 e. The van der Waals surface area contributed by atoms with Crippen molar-refractivity contribution in [3.63, 3.8) is 0 Å². The second kappa shape index (κ2) is 13.4. The van der Waals surface area contributed by atoms with E-state index in [9.17, 15) is 9.59 Å². The van der Waals surface area contributed by atoms with Gasteiger partial charge in [-0.05, 0) is 44.4 Å². The van der Waals surface area contributed by atoms with Gasteiger partial charge in [0.2, 0.25) is 0 Å². The molecule has 0 heterocycles. The Hall–Kier alpha value is -0.940. The molecule has 10 unspecified atom stereocenters. The first-order valence-corrected chi connectivity index (χ1v) is 11.9. The number of rotatable bonds is 12. The van der Waals surface area contributed by atoms with Crippen molar-refractivity contribution in [2.45, 2.75) is 63.3 Å². The molecule has 198 valence electrons. The van der Waals surface area contributed by atoms with Gasteiger partial charge in [0, 0.05) is 68.2 Å². The van der Waals surface area contributed by atoms with Crippen LogP contribution in [0.1, 0.15) is 26.7 Å². The van der Waals surface area contributed by atoms with Crippen LogP contribution in [0.5, 0.6) is 0 Å². The molecule has 0 saturated heterocycles. The molecule has 2 saturated carbocycles. The molecular formula is C25H44O9. The monoisotopic (exact) mass is 488 g/mol. The van der Waals surface area contributed by atoms with Gasteiger partial charge in [-0.1, -0.05) is 0 Å². The molecule has 2 aliphatic rings. The minimum absolute atomic E-state index is 0.0485. The number of Topliss-reactive ketones (excluding diaryl/α,β-unsaturated/α-hetero) is 2. The van der Waals surface area contributed by atoms with Gasteiger partial charge in [-0.3, -0.25) is 9.59 Å². The highest BCUT2D eigenvalue weighted by molar-refractivity contribution is 5.79. The summed E-state index contributed by atoms with van der Waals surface area (Å²) in [6.45, 7) is 3.59. The zero-order chi connectivity index (χ0) is 25.6. The van der Waals surface area contributed by atoms with Gasteiger partial charge in [0.05, 0.1) is 24.4 Å². The summed E-state index contributed by atoms with van der Waals surface area (Å²) < 4.78 is 40.8. The van der Waals surface area contributed by atoms with Gasteiger partial charge in [-0.25, -0.2) is 0 Å². The molecule has 0 radical (unpaired) electrons. The highest BCUT2D eigenvalue weighted by Gasteiger charge is 2.55. The van der Waals surface area contributed by atoms with Crippen molar-refractivity contribution < 1.29 is 42.7 Å². The molecule has 9 nitrogen and oxygen atoms in total. The van der Waals surface area contributed by atoms with Gasteiger partial charge in [0.1, 0.15) is 23.8 Å². The molecule has 2 fully saturated rings. The quantitative estimate of drug-likeness (QED) is 0.407. The van der Waals surface area contributed by atoms with Crippen molar-refractivity contribution in [1.82, 2.24) is 0 Å². The number of methoxy groups -OCH3 is 7. The lowest BCUT2D eigenvalue weighted by atomic mass is 9.61. The van der Waals surface area contributed by atoms with E-state index in [2.05, 4.69) is 0 Å². The predicted molar refractivity (Wildman–Crippen MR) is 125 cm³/mol. The lowest BCUT2D eigenvalue weighted by Crippen LogP contribution is -2.61. The van der Waals surface area contributed by atoms with Gasteiger partial charge in [-0.15, -0.1) is 0 Å². The maximum Gasteiger partial charge on any atom is 0.135 e. The number of ether oxygens (including phenoxy) is 7. The van der Waals surface area contributed by atoms with Crippen molar-refractivity contribution in [3.05, 3.63) is 0 Å². The molecule has 0 aliphatic heterocycles. The van der Waals surface area contributed by atoms with Crippen LogP contribution >= 0.6 is 0 Å².